The maximum Gasteiger partial charge on any atom is 0.306 e. The van der Waals surface area contributed by atoms with Gasteiger partial charge in [-0.25, -0.2) is 0 Å². The molecule has 0 bridgehead atoms. The van der Waals surface area contributed by atoms with Crippen LogP contribution in [0.25, 0.3) is 0 Å². The van der Waals surface area contributed by atoms with Gasteiger partial charge in [-0.3, -0.25) is 4.79 Å². The summed E-state index contributed by atoms with van der Waals surface area (Å²) in [4.78, 5) is 11.8. The zero-order chi connectivity index (χ0) is 16.0. The molecule has 0 aliphatic carbocycles. The van der Waals surface area contributed by atoms with Crippen molar-refractivity contribution < 1.29 is 14.3 Å². The van der Waals surface area contributed by atoms with Gasteiger partial charge in [-0.2, -0.15) is 0 Å². The van der Waals surface area contributed by atoms with Gasteiger partial charge in [0.2, 0.25) is 0 Å². The zero-order valence-electron chi connectivity index (χ0n) is 13.3. The van der Waals surface area contributed by atoms with Gasteiger partial charge in [-0.05, 0) is 35.2 Å². The molecule has 3 heteroatoms. The van der Waals surface area contributed by atoms with Crippen LogP contribution in [0.15, 0.2) is 54.6 Å². The first-order chi connectivity index (χ1) is 10.4. The Morgan fingerprint density at radius 1 is 0.955 bits per heavy atom. The smallest absolute Gasteiger partial charge is 0.306 e. The lowest BCUT2D eigenvalue weighted by atomic mass is 9.92. The molecule has 0 aliphatic heterocycles. The summed E-state index contributed by atoms with van der Waals surface area (Å²) in [5, 5.41) is 0. The number of benzene rings is 2. The summed E-state index contributed by atoms with van der Waals surface area (Å²) >= 11 is 0. The van der Waals surface area contributed by atoms with Gasteiger partial charge in [-0.15, -0.1) is 0 Å². The Hall–Kier alpha value is -2.29. The van der Waals surface area contributed by atoms with E-state index in [2.05, 4.69) is 0 Å². The SMILES string of the molecule is CC(C)(C)CC(=O)OCc1cccc(Oc2ccccc2)c1. The van der Waals surface area contributed by atoms with E-state index in [0.29, 0.717) is 6.42 Å². The van der Waals surface area contributed by atoms with Crippen molar-refractivity contribution in [3.63, 3.8) is 0 Å². The van der Waals surface area contributed by atoms with Crippen LogP contribution < -0.4 is 4.74 Å². The number of carbonyl (C=O) groups excluding carboxylic acids is 1. The largest absolute Gasteiger partial charge is 0.461 e. The van der Waals surface area contributed by atoms with E-state index < -0.39 is 0 Å². The van der Waals surface area contributed by atoms with Crippen LogP contribution in [0.3, 0.4) is 0 Å². The second-order valence-corrected chi connectivity index (χ2v) is 6.46. The highest BCUT2D eigenvalue weighted by Gasteiger charge is 2.17. The van der Waals surface area contributed by atoms with Crippen molar-refractivity contribution in [2.45, 2.75) is 33.8 Å². The highest BCUT2D eigenvalue weighted by Crippen LogP contribution is 2.23. The molecule has 0 aromatic heterocycles. The number of para-hydroxylation sites is 1. The molecule has 0 N–H and O–H groups in total. The number of carbonyl (C=O) groups is 1. The maximum absolute atomic E-state index is 11.8. The fourth-order valence-electron chi connectivity index (χ4n) is 1.97. The molecule has 0 unspecified atom stereocenters. The minimum Gasteiger partial charge on any atom is -0.461 e. The fourth-order valence-corrected chi connectivity index (χ4v) is 1.97. The van der Waals surface area contributed by atoms with Crippen LogP contribution in [0.5, 0.6) is 11.5 Å². The normalized spacial score (nSPS) is 11.0. The predicted molar refractivity (Wildman–Crippen MR) is 86.8 cm³/mol. The summed E-state index contributed by atoms with van der Waals surface area (Å²) in [5.74, 6) is 1.34. The monoisotopic (exact) mass is 298 g/mol. The van der Waals surface area contributed by atoms with E-state index >= 15 is 0 Å². The van der Waals surface area contributed by atoms with E-state index in [-0.39, 0.29) is 18.0 Å². The molecule has 0 radical (unpaired) electrons. The van der Waals surface area contributed by atoms with Crippen molar-refractivity contribution in [2.24, 2.45) is 5.41 Å². The molecule has 2 rings (SSSR count). The van der Waals surface area contributed by atoms with Crippen molar-refractivity contribution in [3.8, 4) is 11.5 Å². The van der Waals surface area contributed by atoms with Crippen molar-refractivity contribution >= 4 is 5.97 Å². The molecule has 0 saturated heterocycles. The van der Waals surface area contributed by atoms with Gasteiger partial charge in [0.05, 0.1) is 6.42 Å². The molecular formula is C19H22O3. The molecular weight excluding hydrogens is 276 g/mol. The number of ether oxygens (including phenoxy) is 2. The van der Waals surface area contributed by atoms with Crippen molar-refractivity contribution in [1.82, 2.24) is 0 Å². The summed E-state index contributed by atoms with van der Waals surface area (Å²) in [5.41, 5.74) is 0.853. The third-order valence-corrected chi connectivity index (χ3v) is 2.95. The molecule has 0 amide bonds. The third-order valence-electron chi connectivity index (χ3n) is 2.95. The molecule has 0 heterocycles. The molecule has 116 valence electrons. The summed E-state index contributed by atoms with van der Waals surface area (Å²) in [7, 11) is 0. The molecule has 2 aromatic rings. The van der Waals surface area contributed by atoms with Crippen LogP contribution in [-0.2, 0) is 16.1 Å². The predicted octanol–water partition coefficient (Wildman–Crippen LogP) is 4.96. The summed E-state index contributed by atoms with van der Waals surface area (Å²) in [6, 6.07) is 17.2. The van der Waals surface area contributed by atoms with Gasteiger partial charge in [0.15, 0.2) is 0 Å². The Labute approximate surface area is 131 Å². The van der Waals surface area contributed by atoms with E-state index in [1.165, 1.54) is 0 Å². The standard InChI is InChI=1S/C19H22O3/c1-19(2,3)13-18(20)21-14-15-8-7-11-17(12-15)22-16-9-5-4-6-10-16/h4-12H,13-14H2,1-3H3. The highest BCUT2D eigenvalue weighted by atomic mass is 16.5. The Balaban J connectivity index is 1.93. The highest BCUT2D eigenvalue weighted by molar-refractivity contribution is 5.70. The van der Waals surface area contributed by atoms with Gasteiger partial charge < -0.3 is 9.47 Å². The lowest BCUT2D eigenvalue weighted by Crippen LogP contribution is -2.15. The van der Waals surface area contributed by atoms with Gasteiger partial charge in [-0.1, -0.05) is 51.1 Å². The van der Waals surface area contributed by atoms with E-state index in [0.717, 1.165) is 17.1 Å². The summed E-state index contributed by atoms with van der Waals surface area (Å²) in [6.07, 6.45) is 0.410. The quantitative estimate of drug-likeness (QED) is 0.732. The average Bonchev–Trinajstić information content (AvgIpc) is 2.45. The van der Waals surface area contributed by atoms with E-state index in [9.17, 15) is 4.79 Å². The lowest BCUT2D eigenvalue weighted by molar-refractivity contribution is -0.147. The van der Waals surface area contributed by atoms with Crippen LogP contribution in [-0.4, -0.2) is 5.97 Å². The topological polar surface area (TPSA) is 35.5 Å². The van der Waals surface area contributed by atoms with Gasteiger partial charge in [0, 0.05) is 0 Å². The van der Waals surface area contributed by atoms with Crippen LogP contribution in [0, 0.1) is 5.41 Å². The number of hydrogen-bond acceptors (Lipinski definition) is 3. The molecule has 0 fully saturated rings. The molecule has 3 nitrogen and oxygen atoms in total. The number of hydrogen-bond donors (Lipinski definition) is 0. The molecule has 0 spiro atoms. The van der Waals surface area contributed by atoms with E-state index in [1.54, 1.807) is 0 Å². The third kappa shape index (κ3) is 5.60. The Bertz CT molecular complexity index is 612. The average molecular weight is 298 g/mol. The van der Waals surface area contributed by atoms with E-state index in [1.807, 2.05) is 75.4 Å². The minimum absolute atomic E-state index is 0.0602. The minimum atomic E-state index is -0.179. The fraction of sp³-hybridized carbons (Fsp3) is 0.316. The second-order valence-electron chi connectivity index (χ2n) is 6.46. The summed E-state index contributed by atoms with van der Waals surface area (Å²) in [6.45, 7) is 6.31. The summed E-state index contributed by atoms with van der Waals surface area (Å²) < 4.78 is 11.1. The first-order valence-corrected chi connectivity index (χ1v) is 7.40. The first-order valence-electron chi connectivity index (χ1n) is 7.40. The van der Waals surface area contributed by atoms with Crippen LogP contribution in [0.2, 0.25) is 0 Å². The van der Waals surface area contributed by atoms with Gasteiger partial charge in [0.1, 0.15) is 18.1 Å². The maximum atomic E-state index is 11.8. The van der Waals surface area contributed by atoms with Crippen LogP contribution in [0.1, 0.15) is 32.8 Å². The number of rotatable bonds is 5. The molecule has 0 saturated carbocycles. The van der Waals surface area contributed by atoms with Crippen LogP contribution >= 0.6 is 0 Å². The lowest BCUT2D eigenvalue weighted by Gasteiger charge is -2.16. The molecule has 0 aliphatic rings. The Morgan fingerprint density at radius 3 is 2.32 bits per heavy atom. The Kier molecular flexibility index (Phi) is 5.21. The molecule has 0 atom stereocenters. The van der Waals surface area contributed by atoms with Crippen molar-refractivity contribution in [3.05, 3.63) is 60.2 Å². The van der Waals surface area contributed by atoms with Gasteiger partial charge in [0.25, 0.3) is 0 Å². The van der Waals surface area contributed by atoms with Crippen molar-refractivity contribution in [1.29, 1.82) is 0 Å². The van der Waals surface area contributed by atoms with E-state index in [4.69, 9.17) is 9.47 Å². The number of esters is 1. The first kappa shape index (κ1) is 16.1. The Morgan fingerprint density at radius 2 is 1.64 bits per heavy atom. The van der Waals surface area contributed by atoms with Gasteiger partial charge >= 0.3 is 5.97 Å². The molecule has 2 aromatic carbocycles. The zero-order valence-corrected chi connectivity index (χ0v) is 13.3. The van der Waals surface area contributed by atoms with Crippen molar-refractivity contribution in [2.75, 3.05) is 0 Å². The second kappa shape index (κ2) is 7.12. The van der Waals surface area contributed by atoms with Crippen LogP contribution in [0.4, 0.5) is 0 Å². The molecule has 22 heavy (non-hydrogen) atoms.